The van der Waals surface area contributed by atoms with Gasteiger partial charge in [-0.05, 0) is 18.4 Å². The van der Waals surface area contributed by atoms with E-state index in [2.05, 4.69) is 6.58 Å². The number of nitrogens with zero attached hydrogens (tertiary/aromatic N) is 1. The number of hydrogen-bond acceptors (Lipinski definition) is 2. The fourth-order valence-corrected chi connectivity index (χ4v) is 0.732. The van der Waals surface area contributed by atoms with Crippen molar-refractivity contribution in [3.8, 4) is 6.07 Å². The summed E-state index contributed by atoms with van der Waals surface area (Å²) in [4.78, 5) is 0. The van der Waals surface area contributed by atoms with Crippen molar-refractivity contribution in [2.24, 2.45) is 0 Å². The van der Waals surface area contributed by atoms with E-state index >= 15 is 0 Å². The first-order valence-electron chi connectivity index (χ1n) is 2.38. The summed E-state index contributed by atoms with van der Waals surface area (Å²) in [5, 5.41) is 8.20. The Kier molecular flexibility index (Phi) is 4.48. The minimum atomic E-state index is 0.680. The number of nitriles is 1. The number of allylic oxidation sites excluding steroid dienone is 1. The second kappa shape index (κ2) is 4.73. The lowest BCUT2D eigenvalue weighted by molar-refractivity contribution is 1.18. The molecule has 1 nitrogen and oxygen atoms in total. The van der Waals surface area contributed by atoms with Gasteiger partial charge in [0.05, 0.1) is 6.07 Å². The van der Waals surface area contributed by atoms with Crippen LogP contribution >= 0.6 is 11.8 Å². The topological polar surface area (TPSA) is 23.8 Å². The Bertz CT molecular complexity index is 112. The SMILES string of the molecule is C=C(C#N)CCSC. The first-order valence-corrected chi connectivity index (χ1v) is 3.77. The van der Waals surface area contributed by atoms with Crippen LogP contribution in [-0.4, -0.2) is 12.0 Å². The highest BCUT2D eigenvalue weighted by molar-refractivity contribution is 7.98. The zero-order valence-electron chi connectivity index (χ0n) is 4.98. The van der Waals surface area contributed by atoms with E-state index in [0.29, 0.717) is 5.57 Å². The molecule has 0 aromatic heterocycles. The van der Waals surface area contributed by atoms with Crippen LogP contribution in [0, 0.1) is 11.3 Å². The Balaban J connectivity index is 3.16. The lowest BCUT2D eigenvalue weighted by Crippen LogP contribution is -1.78. The Morgan fingerprint density at radius 1 is 1.88 bits per heavy atom. The molecule has 0 heterocycles. The highest BCUT2D eigenvalue weighted by atomic mass is 32.2. The second-order valence-corrected chi connectivity index (χ2v) is 2.44. The van der Waals surface area contributed by atoms with E-state index in [0.717, 1.165) is 12.2 Å². The number of hydrogen-bond donors (Lipinski definition) is 0. The third-order valence-electron chi connectivity index (χ3n) is 0.766. The molecule has 0 aromatic rings. The van der Waals surface area contributed by atoms with E-state index in [1.54, 1.807) is 11.8 Å². The normalized spacial score (nSPS) is 8.00. The zero-order chi connectivity index (χ0) is 6.41. The quantitative estimate of drug-likeness (QED) is 0.540. The smallest absolute Gasteiger partial charge is 0.0941 e. The van der Waals surface area contributed by atoms with Crippen LogP contribution in [0.3, 0.4) is 0 Å². The maximum Gasteiger partial charge on any atom is 0.0941 e. The molecule has 0 radical (unpaired) electrons. The third kappa shape index (κ3) is 3.76. The molecular weight excluding hydrogens is 118 g/mol. The van der Waals surface area contributed by atoms with Crippen LogP contribution in [0.4, 0.5) is 0 Å². The van der Waals surface area contributed by atoms with E-state index in [9.17, 15) is 0 Å². The first-order chi connectivity index (χ1) is 3.81. The molecule has 0 fully saturated rings. The summed E-state index contributed by atoms with van der Waals surface area (Å²) in [7, 11) is 0. The molecule has 0 atom stereocenters. The standard InChI is InChI=1S/C6H9NS/c1-6(5-7)3-4-8-2/h1,3-4H2,2H3. The summed E-state index contributed by atoms with van der Waals surface area (Å²) in [5.41, 5.74) is 0.680. The molecule has 0 rings (SSSR count). The summed E-state index contributed by atoms with van der Waals surface area (Å²) in [6, 6.07) is 1.99. The molecule has 0 bridgehead atoms. The van der Waals surface area contributed by atoms with E-state index in [-0.39, 0.29) is 0 Å². The lowest BCUT2D eigenvalue weighted by atomic mass is 10.3. The summed E-state index contributed by atoms with van der Waals surface area (Å²) < 4.78 is 0. The van der Waals surface area contributed by atoms with Crippen molar-refractivity contribution in [2.75, 3.05) is 12.0 Å². The van der Waals surface area contributed by atoms with Crippen molar-refractivity contribution in [1.82, 2.24) is 0 Å². The molecule has 0 saturated carbocycles. The largest absolute Gasteiger partial charge is 0.193 e. The minimum Gasteiger partial charge on any atom is -0.193 e. The van der Waals surface area contributed by atoms with Crippen molar-refractivity contribution in [2.45, 2.75) is 6.42 Å². The maximum atomic E-state index is 8.20. The molecule has 0 N–H and O–H groups in total. The molecule has 0 aliphatic rings. The monoisotopic (exact) mass is 127 g/mol. The van der Waals surface area contributed by atoms with Gasteiger partial charge in [-0.3, -0.25) is 0 Å². The van der Waals surface area contributed by atoms with E-state index in [1.165, 1.54) is 0 Å². The highest BCUT2D eigenvalue weighted by Gasteiger charge is 1.87. The molecule has 44 valence electrons. The summed E-state index contributed by atoms with van der Waals surface area (Å²) in [5.74, 6) is 1.01. The van der Waals surface area contributed by atoms with Gasteiger partial charge >= 0.3 is 0 Å². The fourth-order valence-electron chi connectivity index (χ4n) is 0.281. The van der Waals surface area contributed by atoms with Gasteiger partial charge in [-0.15, -0.1) is 0 Å². The predicted molar refractivity (Wildman–Crippen MR) is 37.8 cm³/mol. The van der Waals surface area contributed by atoms with E-state index in [4.69, 9.17) is 5.26 Å². The fraction of sp³-hybridized carbons (Fsp3) is 0.500. The van der Waals surface area contributed by atoms with Gasteiger partial charge in [-0.1, -0.05) is 6.58 Å². The molecule has 0 aromatic carbocycles. The van der Waals surface area contributed by atoms with Crippen LogP contribution in [-0.2, 0) is 0 Å². The molecule has 0 aliphatic carbocycles. The summed E-state index contributed by atoms with van der Waals surface area (Å²) >= 11 is 1.73. The summed E-state index contributed by atoms with van der Waals surface area (Å²) in [6.07, 6.45) is 2.85. The third-order valence-corrected chi connectivity index (χ3v) is 1.38. The number of rotatable bonds is 3. The molecule has 8 heavy (non-hydrogen) atoms. The zero-order valence-corrected chi connectivity index (χ0v) is 5.79. The van der Waals surface area contributed by atoms with Crippen LogP contribution in [0.25, 0.3) is 0 Å². The van der Waals surface area contributed by atoms with E-state index in [1.807, 2.05) is 12.3 Å². The maximum absolute atomic E-state index is 8.20. The molecule has 0 unspecified atom stereocenters. The molecule has 0 aliphatic heterocycles. The second-order valence-electron chi connectivity index (χ2n) is 1.46. The van der Waals surface area contributed by atoms with Crippen molar-refractivity contribution in [3.63, 3.8) is 0 Å². The Morgan fingerprint density at radius 2 is 2.50 bits per heavy atom. The van der Waals surface area contributed by atoms with Gasteiger partial charge < -0.3 is 0 Å². The van der Waals surface area contributed by atoms with Gasteiger partial charge in [0.1, 0.15) is 0 Å². The van der Waals surface area contributed by atoms with Gasteiger partial charge in [0, 0.05) is 5.57 Å². The van der Waals surface area contributed by atoms with Crippen molar-refractivity contribution < 1.29 is 0 Å². The van der Waals surface area contributed by atoms with E-state index < -0.39 is 0 Å². The van der Waals surface area contributed by atoms with Gasteiger partial charge in [0.2, 0.25) is 0 Å². The molecule has 0 amide bonds. The van der Waals surface area contributed by atoms with Crippen molar-refractivity contribution >= 4 is 11.8 Å². The van der Waals surface area contributed by atoms with Crippen LogP contribution in [0.2, 0.25) is 0 Å². The molecular formula is C6H9NS. The molecule has 0 spiro atoms. The van der Waals surface area contributed by atoms with Crippen molar-refractivity contribution in [1.29, 1.82) is 5.26 Å². The Morgan fingerprint density at radius 3 is 2.88 bits per heavy atom. The van der Waals surface area contributed by atoms with Crippen LogP contribution in [0.1, 0.15) is 6.42 Å². The van der Waals surface area contributed by atoms with Gasteiger partial charge in [-0.25, -0.2) is 0 Å². The van der Waals surface area contributed by atoms with Gasteiger partial charge in [0.15, 0.2) is 0 Å². The molecule has 0 saturated heterocycles. The Hall–Kier alpha value is -0.420. The predicted octanol–water partition coefficient (Wildman–Crippen LogP) is 1.82. The number of thioether (sulfide) groups is 1. The lowest BCUT2D eigenvalue weighted by Gasteiger charge is -1.89. The van der Waals surface area contributed by atoms with Gasteiger partial charge in [0.25, 0.3) is 0 Å². The summed E-state index contributed by atoms with van der Waals surface area (Å²) in [6.45, 7) is 3.54. The Labute approximate surface area is 54.4 Å². The van der Waals surface area contributed by atoms with Crippen LogP contribution in [0.15, 0.2) is 12.2 Å². The molecule has 2 heteroatoms. The highest BCUT2D eigenvalue weighted by Crippen LogP contribution is 2.01. The first kappa shape index (κ1) is 7.58. The average Bonchev–Trinajstić information content (AvgIpc) is 1.83. The average molecular weight is 127 g/mol. The van der Waals surface area contributed by atoms with Crippen LogP contribution < -0.4 is 0 Å². The minimum absolute atomic E-state index is 0.680. The van der Waals surface area contributed by atoms with Crippen LogP contribution in [0.5, 0.6) is 0 Å². The van der Waals surface area contributed by atoms with Crippen molar-refractivity contribution in [3.05, 3.63) is 12.2 Å². The van der Waals surface area contributed by atoms with Gasteiger partial charge in [-0.2, -0.15) is 17.0 Å².